The van der Waals surface area contributed by atoms with Crippen molar-refractivity contribution in [2.75, 3.05) is 0 Å². The molecule has 4 nitrogen and oxygen atoms in total. The molecule has 1 atom stereocenters. The van der Waals surface area contributed by atoms with Crippen LogP contribution >= 0.6 is 0 Å². The predicted molar refractivity (Wildman–Crippen MR) is 45.5 cm³/mol. The standard InChI is InChI=1S/C8H12N2O2/c1-4-5-6-10(12)9-7(2)8(3)11/h4-7H,1H2,2-3H3/b6-5+,10-9?. The first-order chi connectivity index (χ1) is 5.57. The molecule has 0 aliphatic rings. The van der Waals surface area contributed by atoms with Gasteiger partial charge in [-0.05, 0) is 19.0 Å². The van der Waals surface area contributed by atoms with Gasteiger partial charge in [0.05, 0.1) is 0 Å². The molecule has 12 heavy (non-hydrogen) atoms. The van der Waals surface area contributed by atoms with Gasteiger partial charge in [-0.2, -0.15) is 0 Å². The third-order valence-corrected chi connectivity index (χ3v) is 1.23. The van der Waals surface area contributed by atoms with Gasteiger partial charge < -0.3 is 5.21 Å². The summed E-state index contributed by atoms with van der Waals surface area (Å²) < 4.78 is 0. The maximum atomic E-state index is 10.8. The van der Waals surface area contributed by atoms with Crippen LogP contribution in [0.4, 0.5) is 0 Å². The minimum Gasteiger partial charge on any atom is -0.595 e. The van der Waals surface area contributed by atoms with Crippen LogP contribution in [0.25, 0.3) is 0 Å². The second-order valence-electron chi connectivity index (χ2n) is 2.28. The van der Waals surface area contributed by atoms with Crippen LogP contribution in [-0.4, -0.2) is 16.7 Å². The summed E-state index contributed by atoms with van der Waals surface area (Å²) in [5.74, 6) is -0.136. The Bertz CT molecular complexity index is 231. The molecule has 0 bridgehead atoms. The van der Waals surface area contributed by atoms with Gasteiger partial charge in [-0.1, -0.05) is 17.5 Å². The average molecular weight is 168 g/mol. The number of rotatable bonds is 4. The molecule has 0 spiro atoms. The van der Waals surface area contributed by atoms with E-state index in [0.717, 1.165) is 0 Å². The van der Waals surface area contributed by atoms with Gasteiger partial charge in [-0.25, -0.2) is 0 Å². The van der Waals surface area contributed by atoms with Gasteiger partial charge in [0.2, 0.25) is 6.20 Å². The summed E-state index contributed by atoms with van der Waals surface area (Å²) in [4.78, 5) is 11.0. The van der Waals surface area contributed by atoms with Crippen LogP contribution in [0.5, 0.6) is 0 Å². The molecule has 4 heteroatoms. The number of azo groups is 1. The summed E-state index contributed by atoms with van der Waals surface area (Å²) in [5, 5.41) is 14.3. The van der Waals surface area contributed by atoms with Gasteiger partial charge in [0.1, 0.15) is 0 Å². The number of hydroxylamine groups is 1. The lowest BCUT2D eigenvalue weighted by Gasteiger charge is -1.97. The molecule has 0 N–H and O–H groups in total. The van der Waals surface area contributed by atoms with Crippen LogP contribution in [0, 0.1) is 5.21 Å². The second-order valence-corrected chi connectivity index (χ2v) is 2.28. The van der Waals surface area contributed by atoms with Crippen LogP contribution in [-0.2, 0) is 4.79 Å². The molecule has 0 radical (unpaired) electrons. The lowest BCUT2D eigenvalue weighted by atomic mass is 10.3. The number of allylic oxidation sites excluding steroid dienone is 2. The number of Topliss-reactive ketones (excluding diaryl/α,β-unsaturated/α-hetero) is 1. The highest BCUT2D eigenvalue weighted by atomic mass is 16.5. The molecule has 1 unspecified atom stereocenters. The number of carbonyl (C=O) groups excluding carboxylic acids is 1. The van der Waals surface area contributed by atoms with Gasteiger partial charge >= 0.3 is 0 Å². The number of ketones is 1. The van der Waals surface area contributed by atoms with Crippen LogP contribution in [0.3, 0.4) is 0 Å². The molecule has 66 valence electrons. The Kier molecular flexibility index (Phi) is 4.60. The van der Waals surface area contributed by atoms with Crippen LogP contribution < -0.4 is 0 Å². The van der Waals surface area contributed by atoms with Crippen molar-refractivity contribution in [3.8, 4) is 0 Å². The first-order valence-corrected chi connectivity index (χ1v) is 3.54. The molecule has 0 amide bonds. The third-order valence-electron chi connectivity index (χ3n) is 1.23. The summed E-state index contributed by atoms with van der Waals surface area (Å²) in [6.07, 6.45) is 4.09. The van der Waals surface area contributed by atoms with E-state index in [1.54, 1.807) is 6.92 Å². The lowest BCUT2D eigenvalue weighted by molar-refractivity contribution is -0.460. The van der Waals surface area contributed by atoms with E-state index in [2.05, 4.69) is 11.7 Å². The number of hydrogen-bond acceptors (Lipinski definition) is 3. The Labute approximate surface area is 71.5 Å². The first kappa shape index (κ1) is 10.6. The topological polar surface area (TPSA) is 55.5 Å². The van der Waals surface area contributed by atoms with Gasteiger partial charge in [-0.15, -0.1) is 0 Å². The fourth-order valence-corrected chi connectivity index (χ4v) is 0.425. The van der Waals surface area contributed by atoms with Crippen molar-refractivity contribution in [2.45, 2.75) is 19.9 Å². The van der Waals surface area contributed by atoms with Crippen molar-refractivity contribution in [3.63, 3.8) is 0 Å². The van der Waals surface area contributed by atoms with E-state index in [1.807, 2.05) is 0 Å². The van der Waals surface area contributed by atoms with Crippen LogP contribution in [0.15, 0.2) is 30.0 Å². The van der Waals surface area contributed by atoms with E-state index < -0.39 is 6.04 Å². The third kappa shape index (κ3) is 4.38. The first-order valence-electron chi connectivity index (χ1n) is 3.54. The maximum absolute atomic E-state index is 10.8. The Hall–Kier alpha value is -1.45. The van der Waals surface area contributed by atoms with E-state index in [4.69, 9.17) is 0 Å². The Morgan fingerprint density at radius 2 is 2.33 bits per heavy atom. The second kappa shape index (κ2) is 5.23. The summed E-state index contributed by atoms with van der Waals surface area (Å²) in [5.41, 5.74) is 0. The molecule has 0 rings (SSSR count). The van der Waals surface area contributed by atoms with Gasteiger partial charge in [0.15, 0.2) is 11.8 Å². The summed E-state index contributed by atoms with van der Waals surface area (Å²) in [7, 11) is 0. The van der Waals surface area contributed by atoms with E-state index in [-0.39, 0.29) is 5.78 Å². The zero-order chi connectivity index (χ0) is 9.56. The van der Waals surface area contributed by atoms with E-state index >= 15 is 0 Å². The monoisotopic (exact) mass is 168 g/mol. The van der Waals surface area contributed by atoms with Gasteiger partial charge in [0, 0.05) is 6.08 Å². The molecule has 0 fully saturated rings. The predicted octanol–water partition coefficient (Wildman–Crippen LogP) is 1.63. The summed E-state index contributed by atoms with van der Waals surface area (Å²) >= 11 is 0. The zero-order valence-electron chi connectivity index (χ0n) is 7.23. The number of nitrogens with zero attached hydrogens (tertiary/aromatic N) is 2. The molecule has 0 aromatic rings. The summed E-state index contributed by atoms with van der Waals surface area (Å²) in [6, 6.07) is -0.586. The van der Waals surface area contributed by atoms with Crippen molar-refractivity contribution in [2.24, 2.45) is 5.11 Å². The van der Waals surface area contributed by atoms with Crippen LogP contribution in [0.1, 0.15) is 13.8 Å². The molecule has 0 aliphatic heterocycles. The molecular formula is C8H12N2O2. The van der Waals surface area contributed by atoms with Gasteiger partial charge in [0.25, 0.3) is 0 Å². The van der Waals surface area contributed by atoms with Gasteiger partial charge in [-0.3, -0.25) is 4.79 Å². The quantitative estimate of drug-likeness (QED) is 0.277. The maximum Gasteiger partial charge on any atom is 0.209 e. The van der Waals surface area contributed by atoms with Crippen molar-refractivity contribution in [1.82, 2.24) is 0 Å². The van der Waals surface area contributed by atoms with Crippen molar-refractivity contribution < 1.29 is 9.66 Å². The molecule has 0 saturated heterocycles. The smallest absolute Gasteiger partial charge is 0.209 e. The fourth-order valence-electron chi connectivity index (χ4n) is 0.425. The van der Waals surface area contributed by atoms with Crippen molar-refractivity contribution in [1.29, 1.82) is 0 Å². The zero-order valence-corrected chi connectivity index (χ0v) is 7.23. The normalized spacial score (nSPS) is 14.7. The largest absolute Gasteiger partial charge is 0.595 e. The molecule has 0 heterocycles. The average Bonchev–Trinajstić information content (AvgIpc) is 2.00. The van der Waals surface area contributed by atoms with Crippen LogP contribution in [0.2, 0.25) is 0 Å². The Morgan fingerprint density at radius 1 is 1.75 bits per heavy atom. The fraction of sp³-hybridized carbons (Fsp3) is 0.375. The number of carbonyl (C=O) groups is 1. The van der Waals surface area contributed by atoms with E-state index in [1.165, 1.54) is 25.3 Å². The molecular weight excluding hydrogens is 156 g/mol. The highest BCUT2D eigenvalue weighted by molar-refractivity contribution is 5.80. The summed E-state index contributed by atoms with van der Waals surface area (Å²) in [6.45, 7) is 6.34. The lowest BCUT2D eigenvalue weighted by Crippen LogP contribution is -2.12. The Morgan fingerprint density at radius 3 is 2.75 bits per heavy atom. The van der Waals surface area contributed by atoms with Crippen molar-refractivity contribution in [3.05, 3.63) is 30.1 Å². The van der Waals surface area contributed by atoms with Crippen molar-refractivity contribution >= 4 is 5.78 Å². The highest BCUT2D eigenvalue weighted by Crippen LogP contribution is 1.92. The molecule has 0 aromatic carbocycles. The van der Waals surface area contributed by atoms with E-state index in [0.29, 0.717) is 4.86 Å². The minimum atomic E-state index is -0.586. The SMILES string of the molecule is C=C/C=C/[N+]([O-])=NC(C)C(C)=O. The molecule has 0 aliphatic carbocycles. The van der Waals surface area contributed by atoms with E-state index in [9.17, 15) is 10.0 Å². The molecule has 0 aromatic heterocycles. The number of hydrogen-bond donors (Lipinski definition) is 0. The highest BCUT2D eigenvalue weighted by Gasteiger charge is 2.08. The Balaban J connectivity index is 4.24. The molecule has 0 saturated carbocycles. The minimum absolute atomic E-state index is 0.136.